The summed E-state index contributed by atoms with van der Waals surface area (Å²) in [6.45, 7) is 0. The molecule has 1 aliphatic carbocycles. The molecule has 0 aromatic heterocycles. The highest BCUT2D eigenvalue weighted by Gasteiger charge is 2.16. The highest BCUT2D eigenvalue weighted by Crippen LogP contribution is 2.34. The van der Waals surface area contributed by atoms with E-state index in [4.69, 9.17) is 0 Å². The molecule has 1 aliphatic rings. The molecule has 1 N–H and O–H groups in total. The molecule has 0 aliphatic heterocycles. The molecule has 1 amide bonds. The van der Waals surface area contributed by atoms with Gasteiger partial charge in [-0.05, 0) is 41.7 Å². The Bertz CT molecular complexity index is 611. The maximum atomic E-state index is 11.7. The van der Waals surface area contributed by atoms with Gasteiger partial charge in [-0.3, -0.25) is 4.79 Å². The molecule has 0 unspecified atom stereocenters. The lowest BCUT2D eigenvalue weighted by Crippen LogP contribution is -2.14. The number of hydrogen-bond acceptors (Lipinski definition) is 2. The summed E-state index contributed by atoms with van der Waals surface area (Å²) in [5.74, 6) is 0.573. The zero-order valence-corrected chi connectivity index (χ0v) is 11.1. The monoisotopic (exact) mass is 257 g/mol. The van der Waals surface area contributed by atoms with Gasteiger partial charge in [0.15, 0.2) is 0 Å². The topological polar surface area (TPSA) is 29.1 Å². The summed E-state index contributed by atoms with van der Waals surface area (Å²) in [5.41, 5.74) is 3.75. The highest BCUT2D eigenvalue weighted by atomic mass is 32.2. The summed E-state index contributed by atoms with van der Waals surface area (Å²) < 4.78 is 0. The van der Waals surface area contributed by atoms with Crippen molar-refractivity contribution in [3.8, 4) is 0 Å². The van der Waals surface area contributed by atoms with E-state index in [1.54, 1.807) is 11.8 Å². The minimum atomic E-state index is 0.0706. The fourth-order valence-corrected chi connectivity index (χ4v) is 3.01. The second kappa shape index (κ2) is 4.65. The minimum Gasteiger partial charge on any atom is -0.325 e. The zero-order valence-electron chi connectivity index (χ0n) is 10.3. The van der Waals surface area contributed by atoms with E-state index in [1.165, 1.54) is 21.9 Å². The Morgan fingerprint density at radius 3 is 2.78 bits per heavy atom. The molecule has 0 fully saturated rings. The van der Waals surface area contributed by atoms with Crippen molar-refractivity contribution < 1.29 is 4.79 Å². The first-order valence-corrected chi connectivity index (χ1v) is 7.51. The summed E-state index contributed by atoms with van der Waals surface area (Å²) >= 11 is 1.54. The molecule has 92 valence electrons. The number of carbonyl (C=O) groups excluding carboxylic acids is 1. The van der Waals surface area contributed by atoms with E-state index in [1.807, 2.05) is 12.3 Å². The molecule has 0 spiro atoms. The Hall–Kier alpha value is -1.48. The van der Waals surface area contributed by atoms with Gasteiger partial charge in [0.2, 0.25) is 5.91 Å². The molecule has 3 heteroatoms. The van der Waals surface area contributed by atoms with Gasteiger partial charge in [0.25, 0.3) is 0 Å². The average molecular weight is 257 g/mol. The summed E-state index contributed by atoms with van der Waals surface area (Å²) in [4.78, 5) is 11.7. The first-order valence-electron chi connectivity index (χ1n) is 6.12. The summed E-state index contributed by atoms with van der Waals surface area (Å²) in [6, 6.07) is 10.5. The van der Waals surface area contributed by atoms with Crippen molar-refractivity contribution in [1.82, 2.24) is 0 Å². The van der Waals surface area contributed by atoms with Gasteiger partial charge in [-0.2, -0.15) is 11.8 Å². The van der Waals surface area contributed by atoms with Crippen LogP contribution in [0, 0.1) is 0 Å². The van der Waals surface area contributed by atoms with Crippen LogP contribution in [0.4, 0.5) is 5.69 Å². The average Bonchev–Trinajstić information content (AvgIpc) is 2.78. The fraction of sp³-hybridized carbons (Fsp3) is 0.267. The number of thioether (sulfide) groups is 1. The molecular weight excluding hydrogens is 242 g/mol. The molecule has 0 radical (unpaired) electrons. The predicted molar refractivity (Wildman–Crippen MR) is 78.4 cm³/mol. The van der Waals surface area contributed by atoms with Gasteiger partial charge in [0.05, 0.1) is 5.75 Å². The Kier molecular flexibility index (Phi) is 3.00. The summed E-state index contributed by atoms with van der Waals surface area (Å²) in [7, 11) is 0. The van der Waals surface area contributed by atoms with Crippen molar-refractivity contribution in [2.45, 2.75) is 12.8 Å². The summed E-state index contributed by atoms with van der Waals surface area (Å²) in [5, 5.41) is 5.53. The Morgan fingerprint density at radius 2 is 2.00 bits per heavy atom. The molecule has 3 rings (SSSR count). The second-order valence-corrected chi connectivity index (χ2v) is 5.46. The largest absolute Gasteiger partial charge is 0.325 e. The van der Waals surface area contributed by atoms with E-state index in [2.05, 4.69) is 29.6 Å². The van der Waals surface area contributed by atoms with Gasteiger partial charge in [-0.15, -0.1) is 0 Å². The van der Waals surface area contributed by atoms with Crippen LogP contribution in [0.1, 0.15) is 11.1 Å². The van der Waals surface area contributed by atoms with Gasteiger partial charge in [0, 0.05) is 11.1 Å². The molecular formula is C15H15NOS. The van der Waals surface area contributed by atoms with Crippen molar-refractivity contribution in [2.24, 2.45) is 0 Å². The predicted octanol–water partition coefficient (Wildman–Crippen LogP) is 3.24. The maximum absolute atomic E-state index is 11.7. The van der Waals surface area contributed by atoms with E-state index in [0.29, 0.717) is 5.75 Å². The Balaban J connectivity index is 2.06. The second-order valence-electron chi connectivity index (χ2n) is 4.59. The van der Waals surface area contributed by atoms with Gasteiger partial charge >= 0.3 is 0 Å². The van der Waals surface area contributed by atoms with Crippen molar-refractivity contribution >= 4 is 34.1 Å². The molecule has 0 saturated heterocycles. The van der Waals surface area contributed by atoms with E-state index in [0.717, 1.165) is 18.5 Å². The molecule has 0 bridgehead atoms. The van der Waals surface area contributed by atoms with Crippen molar-refractivity contribution in [3.63, 3.8) is 0 Å². The van der Waals surface area contributed by atoms with Crippen LogP contribution in [-0.4, -0.2) is 17.9 Å². The van der Waals surface area contributed by atoms with E-state index < -0.39 is 0 Å². The lowest BCUT2D eigenvalue weighted by molar-refractivity contribution is -0.113. The van der Waals surface area contributed by atoms with Gasteiger partial charge < -0.3 is 5.32 Å². The van der Waals surface area contributed by atoms with Crippen molar-refractivity contribution in [2.75, 3.05) is 17.3 Å². The zero-order chi connectivity index (χ0) is 12.5. The molecule has 2 aromatic rings. The normalized spacial score (nSPS) is 12.9. The van der Waals surface area contributed by atoms with Gasteiger partial charge in [0.1, 0.15) is 0 Å². The number of aryl methyl sites for hydroxylation is 2. The molecule has 18 heavy (non-hydrogen) atoms. The SMILES string of the molecule is CSCC(=O)Nc1ccc2c3c(cccc13)CC2. The fourth-order valence-electron chi connectivity index (χ4n) is 2.67. The molecule has 0 saturated carbocycles. The Morgan fingerprint density at radius 1 is 1.22 bits per heavy atom. The van der Waals surface area contributed by atoms with Crippen LogP contribution in [0.15, 0.2) is 30.3 Å². The highest BCUT2D eigenvalue weighted by molar-refractivity contribution is 7.99. The van der Waals surface area contributed by atoms with Crippen LogP contribution in [-0.2, 0) is 17.6 Å². The Labute approximate surface area is 111 Å². The third-order valence-corrected chi connectivity index (χ3v) is 3.98. The van der Waals surface area contributed by atoms with E-state index >= 15 is 0 Å². The third-order valence-electron chi connectivity index (χ3n) is 3.43. The lowest BCUT2D eigenvalue weighted by Gasteiger charge is -2.10. The number of anilines is 1. The molecule has 2 aromatic carbocycles. The summed E-state index contributed by atoms with van der Waals surface area (Å²) in [6.07, 6.45) is 4.18. The first kappa shape index (κ1) is 11.6. The van der Waals surface area contributed by atoms with E-state index in [-0.39, 0.29) is 5.91 Å². The number of amides is 1. The van der Waals surface area contributed by atoms with E-state index in [9.17, 15) is 4.79 Å². The number of carbonyl (C=O) groups is 1. The van der Waals surface area contributed by atoms with Crippen LogP contribution in [0.25, 0.3) is 10.8 Å². The number of nitrogens with one attached hydrogen (secondary N) is 1. The van der Waals surface area contributed by atoms with Crippen LogP contribution in [0.3, 0.4) is 0 Å². The van der Waals surface area contributed by atoms with Crippen molar-refractivity contribution in [1.29, 1.82) is 0 Å². The van der Waals surface area contributed by atoms with Crippen LogP contribution in [0.5, 0.6) is 0 Å². The van der Waals surface area contributed by atoms with Crippen LogP contribution >= 0.6 is 11.8 Å². The number of rotatable bonds is 3. The number of benzene rings is 2. The lowest BCUT2D eigenvalue weighted by atomic mass is 10.0. The quantitative estimate of drug-likeness (QED) is 0.914. The maximum Gasteiger partial charge on any atom is 0.234 e. The third kappa shape index (κ3) is 1.89. The minimum absolute atomic E-state index is 0.0706. The molecule has 2 nitrogen and oxygen atoms in total. The standard InChI is InChI=1S/C15H15NOS/c1-18-9-14(17)16-13-8-7-11-6-5-10-3-2-4-12(13)15(10)11/h2-4,7-8H,5-6,9H2,1H3,(H,16,17). The van der Waals surface area contributed by atoms with Crippen molar-refractivity contribution in [3.05, 3.63) is 41.5 Å². The smallest absolute Gasteiger partial charge is 0.234 e. The molecule has 0 atom stereocenters. The van der Waals surface area contributed by atoms with Crippen LogP contribution < -0.4 is 5.32 Å². The number of hydrogen-bond donors (Lipinski definition) is 1. The van der Waals surface area contributed by atoms with Gasteiger partial charge in [-0.25, -0.2) is 0 Å². The molecule has 0 heterocycles. The van der Waals surface area contributed by atoms with Crippen LogP contribution in [0.2, 0.25) is 0 Å². The first-order chi connectivity index (χ1) is 8.79. The van der Waals surface area contributed by atoms with Gasteiger partial charge in [-0.1, -0.05) is 24.3 Å².